The van der Waals surface area contributed by atoms with Crippen LogP contribution in [-0.2, 0) is 4.79 Å². The Balaban J connectivity index is 2.27. The summed E-state index contributed by atoms with van der Waals surface area (Å²) >= 11 is 0. The number of carbonyl (C=O) groups excluding carboxylic acids is 1. The lowest BCUT2D eigenvalue weighted by Crippen LogP contribution is -2.42. The number of hydrogen-bond acceptors (Lipinski definition) is 3. The van der Waals surface area contributed by atoms with Crippen LogP contribution in [0.2, 0.25) is 0 Å². The summed E-state index contributed by atoms with van der Waals surface area (Å²) in [5, 5.41) is 12.5. The number of aliphatic hydroxyl groups is 1. The van der Waals surface area contributed by atoms with Crippen LogP contribution in [0.1, 0.15) is 51.9 Å². The van der Waals surface area contributed by atoms with Crippen LogP contribution < -0.4 is 5.32 Å². The van der Waals surface area contributed by atoms with Gasteiger partial charge in [0.1, 0.15) is 0 Å². The van der Waals surface area contributed by atoms with E-state index >= 15 is 0 Å². The summed E-state index contributed by atoms with van der Waals surface area (Å²) in [6.07, 6.45) is 7.49. The number of amides is 1. The molecule has 1 fully saturated rings. The Bertz CT molecular complexity index is 228. The van der Waals surface area contributed by atoms with Crippen molar-refractivity contribution in [3.05, 3.63) is 0 Å². The molecule has 0 aromatic rings. The second-order valence-electron chi connectivity index (χ2n) is 5.17. The van der Waals surface area contributed by atoms with Gasteiger partial charge in [0.2, 0.25) is 5.91 Å². The van der Waals surface area contributed by atoms with E-state index in [4.69, 9.17) is 5.11 Å². The molecule has 0 aliphatic carbocycles. The first-order valence-corrected chi connectivity index (χ1v) is 7.40. The fourth-order valence-electron chi connectivity index (χ4n) is 2.48. The van der Waals surface area contributed by atoms with Crippen LogP contribution in [0.15, 0.2) is 0 Å². The molecule has 0 bridgehead atoms. The molecule has 106 valence electrons. The predicted octanol–water partition coefficient (Wildman–Crippen LogP) is 1.53. The summed E-state index contributed by atoms with van der Waals surface area (Å²) in [4.78, 5) is 13.9. The number of aliphatic hydroxyl groups excluding tert-OH is 1. The molecule has 1 saturated heterocycles. The second kappa shape index (κ2) is 9.34. The van der Waals surface area contributed by atoms with Crippen molar-refractivity contribution in [3.8, 4) is 0 Å². The van der Waals surface area contributed by atoms with Crippen LogP contribution in [0.5, 0.6) is 0 Å². The standard InChI is InChI=1S/C14H28N2O2/c1-2-3-4-5-8-14(18)16(10-11-17)12-13-7-6-9-15-13/h13,15,17H,2-12H2,1H3. The van der Waals surface area contributed by atoms with Crippen molar-refractivity contribution in [1.29, 1.82) is 0 Å². The topological polar surface area (TPSA) is 52.6 Å². The molecule has 0 saturated carbocycles. The smallest absolute Gasteiger partial charge is 0.222 e. The fraction of sp³-hybridized carbons (Fsp3) is 0.929. The molecular weight excluding hydrogens is 228 g/mol. The Morgan fingerprint density at radius 3 is 2.83 bits per heavy atom. The van der Waals surface area contributed by atoms with Gasteiger partial charge in [-0.3, -0.25) is 4.79 Å². The quantitative estimate of drug-likeness (QED) is 0.615. The van der Waals surface area contributed by atoms with E-state index in [9.17, 15) is 4.79 Å². The zero-order valence-electron chi connectivity index (χ0n) is 11.7. The molecule has 1 aliphatic heterocycles. The first kappa shape index (κ1) is 15.4. The van der Waals surface area contributed by atoms with Crippen molar-refractivity contribution in [3.63, 3.8) is 0 Å². The maximum absolute atomic E-state index is 12.1. The summed E-state index contributed by atoms with van der Waals surface area (Å²) in [5.41, 5.74) is 0. The highest BCUT2D eigenvalue weighted by Gasteiger charge is 2.20. The highest BCUT2D eigenvalue weighted by Crippen LogP contribution is 2.10. The van der Waals surface area contributed by atoms with E-state index < -0.39 is 0 Å². The van der Waals surface area contributed by atoms with Gasteiger partial charge in [-0.05, 0) is 25.8 Å². The van der Waals surface area contributed by atoms with Crippen molar-refractivity contribution < 1.29 is 9.90 Å². The number of unbranched alkanes of at least 4 members (excludes halogenated alkanes) is 3. The predicted molar refractivity (Wildman–Crippen MR) is 73.4 cm³/mol. The van der Waals surface area contributed by atoms with Gasteiger partial charge in [0.05, 0.1) is 6.61 Å². The Morgan fingerprint density at radius 2 is 2.22 bits per heavy atom. The average Bonchev–Trinajstić information content (AvgIpc) is 2.87. The molecule has 0 radical (unpaired) electrons. The monoisotopic (exact) mass is 256 g/mol. The van der Waals surface area contributed by atoms with Crippen LogP contribution in [0.25, 0.3) is 0 Å². The zero-order valence-corrected chi connectivity index (χ0v) is 11.7. The van der Waals surface area contributed by atoms with Gasteiger partial charge >= 0.3 is 0 Å². The Kier molecular flexibility index (Phi) is 8.01. The lowest BCUT2D eigenvalue weighted by Gasteiger charge is -2.25. The summed E-state index contributed by atoms with van der Waals surface area (Å²) in [6.45, 7) is 4.53. The van der Waals surface area contributed by atoms with Crippen LogP contribution >= 0.6 is 0 Å². The molecule has 0 spiro atoms. The molecule has 0 aromatic carbocycles. The van der Waals surface area contributed by atoms with Crippen molar-refractivity contribution in [2.75, 3.05) is 26.2 Å². The summed E-state index contributed by atoms with van der Waals surface area (Å²) in [6, 6.07) is 0.427. The maximum atomic E-state index is 12.1. The van der Waals surface area contributed by atoms with E-state index in [1.165, 1.54) is 19.3 Å². The molecule has 4 heteroatoms. The van der Waals surface area contributed by atoms with Crippen LogP contribution in [0, 0.1) is 0 Å². The number of hydrogen-bond donors (Lipinski definition) is 2. The molecule has 2 N–H and O–H groups in total. The molecule has 1 unspecified atom stereocenters. The van der Waals surface area contributed by atoms with Crippen LogP contribution in [0.3, 0.4) is 0 Å². The SMILES string of the molecule is CCCCCCC(=O)N(CCO)CC1CCCN1. The average molecular weight is 256 g/mol. The van der Waals surface area contributed by atoms with Gasteiger partial charge in [-0.2, -0.15) is 0 Å². The highest BCUT2D eigenvalue weighted by atomic mass is 16.3. The van der Waals surface area contributed by atoms with Crippen molar-refractivity contribution >= 4 is 5.91 Å². The van der Waals surface area contributed by atoms with E-state index in [2.05, 4.69) is 12.2 Å². The summed E-state index contributed by atoms with van der Waals surface area (Å²) < 4.78 is 0. The Hall–Kier alpha value is -0.610. The minimum atomic E-state index is 0.0629. The number of rotatable bonds is 9. The summed E-state index contributed by atoms with van der Waals surface area (Å²) in [5.74, 6) is 0.203. The van der Waals surface area contributed by atoms with E-state index in [-0.39, 0.29) is 12.5 Å². The molecule has 1 heterocycles. The van der Waals surface area contributed by atoms with E-state index in [0.29, 0.717) is 19.0 Å². The van der Waals surface area contributed by atoms with Gasteiger partial charge in [-0.1, -0.05) is 26.2 Å². The molecule has 1 aliphatic rings. The van der Waals surface area contributed by atoms with Crippen LogP contribution in [-0.4, -0.2) is 48.2 Å². The lowest BCUT2D eigenvalue weighted by molar-refractivity contribution is -0.132. The zero-order chi connectivity index (χ0) is 13.2. The maximum Gasteiger partial charge on any atom is 0.222 e. The number of nitrogens with one attached hydrogen (secondary N) is 1. The third-order valence-electron chi connectivity index (χ3n) is 3.57. The molecule has 1 atom stereocenters. The van der Waals surface area contributed by atoms with E-state index in [1.807, 2.05) is 4.90 Å². The van der Waals surface area contributed by atoms with Gasteiger partial charge in [-0.15, -0.1) is 0 Å². The van der Waals surface area contributed by atoms with Gasteiger partial charge < -0.3 is 15.3 Å². The lowest BCUT2D eigenvalue weighted by atomic mass is 10.1. The van der Waals surface area contributed by atoms with Crippen molar-refractivity contribution in [1.82, 2.24) is 10.2 Å². The van der Waals surface area contributed by atoms with Gasteiger partial charge in [-0.25, -0.2) is 0 Å². The normalized spacial score (nSPS) is 19.1. The van der Waals surface area contributed by atoms with Crippen molar-refractivity contribution in [2.45, 2.75) is 57.9 Å². The number of carbonyl (C=O) groups is 1. The van der Waals surface area contributed by atoms with Crippen molar-refractivity contribution in [2.24, 2.45) is 0 Å². The fourth-order valence-corrected chi connectivity index (χ4v) is 2.48. The largest absolute Gasteiger partial charge is 0.395 e. The third kappa shape index (κ3) is 5.83. The summed E-state index contributed by atoms with van der Waals surface area (Å²) in [7, 11) is 0. The molecular formula is C14H28N2O2. The van der Waals surface area contributed by atoms with E-state index in [1.54, 1.807) is 0 Å². The second-order valence-corrected chi connectivity index (χ2v) is 5.17. The molecule has 0 aromatic heterocycles. The number of nitrogens with zero attached hydrogens (tertiary/aromatic N) is 1. The molecule has 1 rings (SSSR count). The molecule has 4 nitrogen and oxygen atoms in total. The molecule has 18 heavy (non-hydrogen) atoms. The van der Waals surface area contributed by atoms with Gasteiger partial charge in [0.25, 0.3) is 0 Å². The van der Waals surface area contributed by atoms with Gasteiger partial charge in [0.15, 0.2) is 0 Å². The minimum Gasteiger partial charge on any atom is -0.395 e. The highest BCUT2D eigenvalue weighted by molar-refractivity contribution is 5.76. The first-order chi connectivity index (χ1) is 8.77. The molecule has 1 amide bonds. The Morgan fingerprint density at radius 1 is 1.39 bits per heavy atom. The van der Waals surface area contributed by atoms with E-state index in [0.717, 1.165) is 32.4 Å². The Labute approximate surface area is 111 Å². The minimum absolute atomic E-state index is 0.0629. The first-order valence-electron chi connectivity index (χ1n) is 7.40. The van der Waals surface area contributed by atoms with Gasteiger partial charge in [0, 0.05) is 25.6 Å². The van der Waals surface area contributed by atoms with Crippen LogP contribution in [0.4, 0.5) is 0 Å². The third-order valence-corrected chi connectivity index (χ3v) is 3.57.